The summed E-state index contributed by atoms with van der Waals surface area (Å²) in [5, 5.41) is 7.67. The first kappa shape index (κ1) is 13.3. The van der Waals surface area contributed by atoms with Gasteiger partial charge in [-0.3, -0.25) is 5.32 Å². The minimum Gasteiger partial charge on any atom is -0.329 e. The number of para-hydroxylation sites is 1. The van der Waals surface area contributed by atoms with E-state index in [0.717, 1.165) is 11.3 Å². The monoisotopic (exact) mass is 254 g/mol. The van der Waals surface area contributed by atoms with E-state index < -0.39 is 0 Å². The van der Waals surface area contributed by atoms with Gasteiger partial charge in [-0.05, 0) is 19.1 Å². The van der Waals surface area contributed by atoms with Gasteiger partial charge < -0.3 is 5.73 Å². The second-order valence-corrected chi connectivity index (χ2v) is 4.15. The fourth-order valence-electron chi connectivity index (χ4n) is 1.84. The van der Waals surface area contributed by atoms with Gasteiger partial charge in [0.2, 0.25) is 0 Å². The lowest BCUT2D eigenvalue weighted by molar-refractivity contribution is 0.582. The Bertz CT molecular complexity index is 563. The molecule has 19 heavy (non-hydrogen) atoms. The van der Waals surface area contributed by atoms with Crippen LogP contribution in [0.3, 0.4) is 0 Å². The minimum absolute atomic E-state index is 0.0818. The third-order valence-corrected chi connectivity index (χ3v) is 2.87. The van der Waals surface area contributed by atoms with Gasteiger partial charge in [0, 0.05) is 24.3 Å². The van der Waals surface area contributed by atoms with E-state index in [4.69, 9.17) is 5.73 Å². The highest BCUT2D eigenvalue weighted by Crippen LogP contribution is 2.13. The lowest BCUT2D eigenvalue weighted by atomic mass is 10.1. The average Bonchev–Trinajstić information content (AvgIpc) is 2.94. The molecular formula is C15H18N4. The number of hydrogen-bond donors (Lipinski definition) is 2. The molecular weight excluding hydrogens is 236 g/mol. The van der Waals surface area contributed by atoms with Crippen LogP contribution in [0.1, 0.15) is 18.5 Å². The smallest absolute Gasteiger partial charge is 0.0645 e. The molecule has 0 aliphatic rings. The first-order valence-electron chi connectivity index (χ1n) is 6.28. The third kappa shape index (κ3) is 3.44. The van der Waals surface area contributed by atoms with Crippen LogP contribution >= 0.6 is 0 Å². The number of nitrogens with one attached hydrogen (secondary N) is 1. The molecule has 0 spiro atoms. The highest BCUT2D eigenvalue weighted by Gasteiger charge is 2.11. The van der Waals surface area contributed by atoms with E-state index in [1.165, 1.54) is 0 Å². The molecule has 1 heterocycles. The Morgan fingerprint density at radius 2 is 2.16 bits per heavy atom. The highest BCUT2D eigenvalue weighted by atomic mass is 15.3. The molecule has 1 aromatic carbocycles. The van der Waals surface area contributed by atoms with Crippen LogP contribution in [0.25, 0.3) is 5.69 Å². The molecule has 0 aliphatic carbocycles. The molecule has 2 aromatic rings. The Hall–Kier alpha value is -2.09. The van der Waals surface area contributed by atoms with Gasteiger partial charge in [-0.25, -0.2) is 4.68 Å². The standard InChI is InChI=1S/C15H18N4/c1-2-3-9-17-15(10-16)13-11-18-19(12-13)14-7-5-4-6-8-14/h4-8,11-12,15,17H,9-10,16H2,1H3. The molecule has 0 aliphatic heterocycles. The number of benzene rings is 1. The number of nitrogens with zero attached hydrogens (tertiary/aromatic N) is 2. The molecule has 4 heteroatoms. The summed E-state index contributed by atoms with van der Waals surface area (Å²) in [5.41, 5.74) is 7.90. The molecule has 0 radical (unpaired) electrons. The molecule has 0 saturated carbocycles. The SMILES string of the molecule is CC#CCNC(CN)c1cnn(-c2ccccc2)c1. The Kier molecular flexibility index (Phi) is 4.73. The summed E-state index contributed by atoms with van der Waals surface area (Å²) < 4.78 is 1.85. The van der Waals surface area contributed by atoms with E-state index >= 15 is 0 Å². The van der Waals surface area contributed by atoms with Gasteiger partial charge in [0.15, 0.2) is 0 Å². The van der Waals surface area contributed by atoms with E-state index in [2.05, 4.69) is 22.3 Å². The summed E-state index contributed by atoms with van der Waals surface area (Å²) in [5.74, 6) is 5.83. The van der Waals surface area contributed by atoms with Gasteiger partial charge in [0.05, 0.1) is 18.4 Å². The van der Waals surface area contributed by atoms with Crippen LogP contribution in [0, 0.1) is 11.8 Å². The molecule has 3 N–H and O–H groups in total. The van der Waals surface area contributed by atoms with Crippen molar-refractivity contribution in [1.29, 1.82) is 0 Å². The van der Waals surface area contributed by atoms with Crippen LogP contribution in [-0.2, 0) is 0 Å². The van der Waals surface area contributed by atoms with Gasteiger partial charge in [-0.15, -0.1) is 5.92 Å². The van der Waals surface area contributed by atoms with E-state index in [1.54, 1.807) is 0 Å². The topological polar surface area (TPSA) is 55.9 Å². The zero-order chi connectivity index (χ0) is 13.5. The lowest BCUT2D eigenvalue weighted by Gasteiger charge is -2.12. The van der Waals surface area contributed by atoms with Crippen LogP contribution in [-0.4, -0.2) is 22.9 Å². The van der Waals surface area contributed by atoms with Crippen molar-refractivity contribution in [3.05, 3.63) is 48.3 Å². The summed E-state index contributed by atoms with van der Waals surface area (Å²) in [6.45, 7) is 2.98. The molecule has 0 bridgehead atoms. The average molecular weight is 254 g/mol. The molecule has 98 valence electrons. The molecule has 1 atom stereocenters. The molecule has 2 rings (SSSR count). The molecule has 1 unspecified atom stereocenters. The van der Waals surface area contributed by atoms with E-state index in [1.807, 2.05) is 54.3 Å². The Morgan fingerprint density at radius 1 is 1.37 bits per heavy atom. The normalized spacial score (nSPS) is 11.7. The number of hydrogen-bond acceptors (Lipinski definition) is 3. The summed E-state index contributed by atoms with van der Waals surface area (Å²) in [7, 11) is 0. The quantitative estimate of drug-likeness (QED) is 0.795. The number of nitrogens with two attached hydrogens (primary N) is 1. The fraction of sp³-hybridized carbons (Fsp3) is 0.267. The Balaban J connectivity index is 2.12. The first-order valence-corrected chi connectivity index (χ1v) is 6.28. The summed E-state index contributed by atoms with van der Waals surface area (Å²) in [6, 6.07) is 10.1. The predicted octanol–water partition coefficient (Wildman–Crippen LogP) is 1.48. The number of rotatable bonds is 5. The van der Waals surface area contributed by atoms with Crippen LogP contribution in [0.15, 0.2) is 42.7 Å². The zero-order valence-electron chi connectivity index (χ0n) is 11.0. The Labute approximate surface area is 113 Å². The van der Waals surface area contributed by atoms with Crippen LogP contribution < -0.4 is 11.1 Å². The zero-order valence-corrected chi connectivity index (χ0v) is 11.0. The fourth-order valence-corrected chi connectivity index (χ4v) is 1.84. The second-order valence-electron chi connectivity index (χ2n) is 4.15. The van der Waals surface area contributed by atoms with Gasteiger partial charge in [-0.2, -0.15) is 5.10 Å². The molecule has 1 aromatic heterocycles. The van der Waals surface area contributed by atoms with E-state index in [0.29, 0.717) is 13.1 Å². The van der Waals surface area contributed by atoms with Crippen molar-refractivity contribution in [3.63, 3.8) is 0 Å². The summed E-state index contributed by atoms with van der Waals surface area (Å²) >= 11 is 0. The maximum atomic E-state index is 5.79. The maximum Gasteiger partial charge on any atom is 0.0645 e. The predicted molar refractivity (Wildman–Crippen MR) is 76.8 cm³/mol. The van der Waals surface area contributed by atoms with Gasteiger partial charge in [0.25, 0.3) is 0 Å². The Morgan fingerprint density at radius 3 is 2.84 bits per heavy atom. The second kappa shape index (κ2) is 6.74. The third-order valence-electron chi connectivity index (χ3n) is 2.87. The van der Waals surface area contributed by atoms with Crippen molar-refractivity contribution in [3.8, 4) is 17.5 Å². The molecule has 0 saturated heterocycles. The molecule has 0 fully saturated rings. The van der Waals surface area contributed by atoms with Gasteiger partial charge in [-0.1, -0.05) is 24.1 Å². The van der Waals surface area contributed by atoms with Gasteiger partial charge in [0.1, 0.15) is 0 Å². The number of aromatic nitrogens is 2. The largest absolute Gasteiger partial charge is 0.329 e. The van der Waals surface area contributed by atoms with Crippen LogP contribution in [0.4, 0.5) is 0 Å². The van der Waals surface area contributed by atoms with E-state index in [9.17, 15) is 0 Å². The molecule has 0 amide bonds. The minimum atomic E-state index is 0.0818. The van der Waals surface area contributed by atoms with Crippen LogP contribution in [0.2, 0.25) is 0 Å². The van der Waals surface area contributed by atoms with Crippen molar-refractivity contribution in [2.24, 2.45) is 5.73 Å². The highest BCUT2D eigenvalue weighted by molar-refractivity contribution is 5.31. The summed E-state index contributed by atoms with van der Waals surface area (Å²) in [4.78, 5) is 0. The van der Waals surface area contributed by atoms with Crippen molar-refractivity contribution in [1.82, 2.24) is 15.1 Å². The van der Waals surface area contributed by atoms with Crippen molar-refractivity contribution in [2.45, 2.75) is 13.0 Å². The van der Waals surface area contributed by atoms with Crippen molar-refractivity contribution >= 4 is 0 Å². The van der Waals surface area contributed by atoms with Crippen LogP contribution in [0.5, 0.6) is 0 Å². The van der Waals surface area contributed by atoms with E-state index in [-0.39, 0.29) is 6.04 Å². The lowest BCUT2D eigenvalue weighted by Crippen LogP contribution is -2.28. The van der Waals surface area contributed by atoms with Crippen molar-refractivity contribution < 1.29 is 0 Å². The molecule has 4 nitrogen and oxygen atoms in total. The van der Waals surface area contributed by atoms with Gasteiger partial charge >= 0.3 is 0 Å². The maximum absolute atomic E-state index is 5.79. The first-order chi connectivity index (χ1) is 9.35. The van der Waals surface area contributed by atoms with Crippen molar-refractivity contribution in [2.75, 3.05) is 13.1 Å². The summed E-state index contributed by atoms with van der Waals surface area (Å²) in [6.07, 6.45) is 3.84.